The van der Waals surface area contributed by atoms with E-state index in [2.05, 4.69) is 11.1 Å². The first kappa shape index (κ1) is 15.2. The van der Waals surface area contributed by atoms with Crippen LogP contribution in [0.4, 0.5) is 0 Å². The Hall–Kier alpha value is -2.19. The molecule has 21 heavy (non-hydrogen) atoms. The van der Waals surface area contributed by atoms with E-state index < -0.39 is 5.41 Å². The van der Waals surface area contributed by atoms with Gasteiger partial charge in [-0.15, -0.1) is 0 Å². The number of nitriles is 1. The number of rotatable bonds is 2. The van der Waals surface area contributed by atoms with Crippen LogP contribution in [-0.4, -0.2) is 9.55 Å². The highest BCUT2D eigenvalue weighted by Gasteiger charge is 2.27. The van der Waals surface area contributed by atoms with Crippen molar-refractivity contribution >= 4 is 10.9 Å². The lowest BCUT2D eigenvalue weighted by molar-refractivity contribution is 0.576. The fraction of sp³-hybridized carbons (Fsp3) is 0.438. The van der Waals surface area contributed by atoms with Crippen LogP contribution in [0.25, 0.3) is 10.9 Å². The topological polar surface area (TPSA) is 84.7 Å². The summed E-state index contributed by atoms with van der Waals surface area (Å²) in [5.74, 6) is 0.452. The van der Waals surface area contributed by atoms with Crippen molar-refractivity contribution in [3.05, 3.63) is 39.4 Å². The molecule has 1 aromatic heterocycles. The van der Waals surface area contributed by atoms with Crippen LogP contribution in [0, 0.1) is 18.3 Å². The van der Waals surface area contributed by atoms with Gasteiger partial charge < -0.3 is 5.73 Å². The summed E-state index contributed by atoms with van der Waals surface area (Å²) in [6.45, 7) is 7.29. The molecule has 0 amide bonds. The van der Waals surface area contributed by atoms with Crippen molar-refractivity contribution in [1.82, 2.24) is 9.55 Å². The lowest BCUT2D eigenvalue weighted by atomic mass is 9.93. The molecular formula is C16H20N4O. The van der Waals surface area contributed by atoms with Crippen LogP contribution in [-0.2, 0) is 12.5 Å². The molecule has 1 aromatic carbocycles. The van der Waals surface area contributed by atoms with Gasteiger partial charge in [-0.1, -0.05) is 6.07 Å². The van der Waals surface area contributed by atoms with Crippen LogP contribution in [0.2, 0.25) is 0 Å². The van der Waals surface area contributed by atoms with Gasteiger partial charge in [0.15, 0.2) is 0 Å². The lowest BCUT2D eigenvalue weighted by Crippen LogP contribution is -2.31. The smallest absolute Gasteiger partial charge is 0.261 e. The number of fused-ring (bicyclic) bond motifs is 1. The van der Waals surface area contributed by atoms with Crippen molar-refractivity contribution in [3.63, 3.8) is 0 Å². The van der Waals surface area contributed by atoms with Gasteiger partial charge in [0.1, 0.15) is 11.2 Å². The molecule has 0 bridgehead atoms. The van der Waals surface area contributed by atoms with Crippen molar-refractivity contribution in [2.45, 2.75) is 39.2 Å². The van der Waals surface area contributed by atoms with Crippen LogP contribution < -0.4 is 11.3 Å². The highest BCUT2D eigenvalue weighted by molar-refractivity contribution is 5.82. The summed E-state index contributed by atoms with van der Waals surface area (Å²) < 4.78 is 1.45. The first-order chi connectivity index (χ1) is 9.69. The van der Waals surface area contributed by atoms with Gasteiger partial charge in [-0.25, -0.2) is 4.98 Å². The third-order valence-electron chi connectivity index (χ3n) is 3.68. The Morgan fingerprint density at radius 2 is 2.05 bits per heavy atom. The Kier molecular flexibility index (Phi) is 3.60. The van der Waals surface area contributed by atoms with Crippen LogP contribution in [0.15, 0.2) is 16.9 Å². The highest BCUT2D eigenvalue weighted by atomic mass is 16.1. The van der Waals surface area contributed by atoms with E-state index in [9.17, 15) is 10.1 Å². The van der Waals surface area contributed by atoms with E-state index in [0.717, 1.165) is 11.1 Å². The van der Waals surface area contributed by atoms with E-state index in [0.29, 0.717) is 16.7 Å². The first-order valence-corrected chi connectivity index (χ1v) is 6.87. The molecule has 0 aliphatic heterocycles. The predicted molar refractivity (Wildman–Crippen MR) is 83.0 cm³/mol. The lowest BCUT2D eigenvalue weighted by Gasteiger charge is -2.20. The fourth-order valence-electron chi connectivity index (χ4n) is 2.51. The number of nitrogens with two attached hydrogens (primary N) is 1. The standard InChI is InChI=1S/C16H20N4O/c1-9-6-11(10(2)18)13-12(7-9)14(21)20(5)15(19-13)16(3,4)8-17/h6-7,10H,18H2,1-5H3. The van der Waals surface area contributed by atoms with Crippen molar-refractivity contribution in [1.29, 1.82) is 5.26 Å². The number of hydrogen-bond acceptors (Lipinski definition) is 4. The quantitative estimate of drug-likeness (QED) is 0.914. The summed E-state index contributed by atoms with van der Waals surface area (Å²) in [4.78, 5) is 17.2. The van der Waals surface area contributed by atoms with Gasteiger partial charge >= 0.3 is 0 Å². The van der Waals surface area contributed by atoms with E-state index in [1.54, 1.807) is 20.9 Å². The number of benzene rings is 1. The zero-order valence-corrected chi connectivity index (χ0v) is 13.1. The van der Waals surface area contributed by atoms with Crippen LogP contribution in [0.1, 0.15) is 43.8 Å². The van der Waals surface area contributed by atoms with Crippen molar-refractivity contribution in [3.8, 4) is 6.07 Å². The summed E-state index contributed by atoms with van der Waals surface area (Å²) in [5.41, 5.74) is 7.42. The van der Waals surface area contributed by atoms with E-state index in [4.69, 9.17) is 5.73 Å². The molecule has 0 saturated heterocycles. The van der Waals surface area contributed by atoms with Gasteiger partial charge in [0.25, 0.3) is 5.56 Å². The minimum Gasteiger partial charge on any atom is -0.324 e. The molecule has 5 heteroatoms. The molecule has 1 atom stereocenters. The molecule has 5 nitrogen and oxygen atoms in total. The third kappa shape index (κ3) is 2.43. The Morgan fingerprint density at radius 1 is 1.43 bits per heavy atom. The summed E-state index contributed by atoms with van der Waals surface area (Å²) in [7, 11) is 1.65. The minimum absolute atomic E-state index is 0.149. The fourth-order valence-corrected chi connectivity index (χ4v) is 2.51. The molecule has 0 saturated carbocycles. The Labute approximate surface area is 124 Å². The van der Waals surface area contributed by atoms with E-state index in [1.165, 1.54) is 4.57 Å². The Bertz CT molecular complexity index is 810. The maximum atomic E-state index is 12.6. The average molecular weight is 284 g/mol. The van der Waals surface area contributed by atoms with Gasteiger partial charge in [-0.2, -0.15) is 5.26 Å². The molecule has 0 aliphatic rings. The van der Waals surface area contributed by atoms with Crippen molar-refractivity contribution < 1.29 is 0 Å². The van der Waals surface area contributed by atoms with Crippen molar-refractivity contribution in [2.24, 2.45) is 12.8 Å². The second kappa shape index (κ2) is 4.97. The normalized spacial score (nSPS) is 13.2. The summed E-state index contributed by atoms with van der Waals surface area (Å²) in [6, 6.07) is 5.73. The Morgan fingerprint density at radius 3 is 2.57 bits per heavy atom. The summed E-state index contributed by atoms with van der Waals surface area (Å²) in [5, 5.41) is 9.87. The molecule has 2 N–H and O–H groups in total. The molecule has 2 aromatic rings. The first-order valence-electron chi connectivity index (χ1n) is 6.87. The van der Waals surface area contributed by atoms with Gasteiger partial charge in [-0.3, -0.25) is 9.36 Å². The maximum absolute atomic E-state index is 12.6. The van der Waals surface area contributed by atoms with Crippen LogP contribution in [0.5, 0.6) is 0 Å². The minimum atomic E-state index is -0.845. The van der Waals surface area contributed by atoms with Gasteiger partial charge in [0.05, 0.1) is 17.0 Å². The van der Waals surface area contributed by atoms with Gasteiger partial charge in [-0.05, 0) is 44.9 Å². The molecule has 0 fully saturated rings. The van der Waals surface area contributed by atoms with Crippen molar-refractivity contribution in [2.75, 3.05) is 0 Å². The van der Waals surface area contributed by atoms with E-state index in [-0.39, 0.29) is 11.6 Å². The maximum Gasteiger partial charge on any atom is 0.261 e. The molecule has 0 spiro atoms. The number of aryl methyl sites for hydroxylation is 1. The van der Waals surface area contributed by atoms with Crippen LogP contribution >= 0.6 is 0 Å². The van der Waals surface area contributed by atoms with Gasteiger partial charge in [0, 0.05) is 13.1 Å². The molecule has 1 unspecified atom stereocenters. The monoisotopic (exact) mass is 284 g/mol. The predicted octanol–water partition coefficient (Wildman–Crippen LogP) is 2.06. The zero-order valence-electron chi connectivity index (χ0n) is 13.1. The number of aromatic nitrogens is 2. The van der Waals surface area contributed by atoms with Crippen LogP contribution in [0.3, 0.4) is 0 Å². The second-order valence-electron chi connectivity index (χ2n) is 6.08. The molecule has 1 heterocycles. The average Bonchev–Trinajstić information content (AvgIpc) is 2.42. The molecular weight excluding hydrogens is 264 g/mol. The van der Waals surface area contributed by atoms with E-state index >= 15 is 0 Å². The molecule has 0 aliphatic carbocycles. The summed E-state index contributed by atoms with van der Waals surface area (Å²) >= 11 is 0. The highest BCUT2D eigenvalue weighted by Crippen LogP contribution is 2.25. The number of hydrogen-bond donors (Lipinski definition) is 1. The van der Waals surface area contributed by atoms with Gasteiger partial charge in [0.2, 0.25) is 0 Å². The molecule has 2 rings (SSSR count). The number of nitrogens with zero attached hydrogens (tertiary/aromatic N) is 3. The SMILES string of the molecule is Cc1cc(C(C)N)c2nc(C(C)(C)C#N)n(C)c(=O)c2c1. The van der Waals surface area contributed by atoms with E-state index in [1.807, 2.05) is 26.0 Å². The largest absolute Gasteiger partial charge is 0.324 e. The zero-order chi connectivity index (χ0) is 15.9. The second-order valence-corrected chi connectivity index (χ2v) is 6.08. The third-order valence-corrected chi connectivity index (χ3v) is 3.68. The molecule has 0 radical (unpaired) electrons. The molecule has 110 valence electrons. The summed E-state index contributed by atoms with van der Waals surface area (Å²) in [6.07, 6.45) is 0. The Balaban J connectivity index is 3.00.